The van der Waals surface area contributed by atoms with E-state index < -0.39 is 10.0 Å². The first-order valence-electron chi connectivity index (χ1n) is 6.75. The first kappa shape index (κ1) is 16.7. The van der Waals surface area contributed by atoms with Crippen molar-refractivity contribution in [2.24, 2.45) is 0 Å². The molecule has 0 spiro atoms. The molecule has 1 aliphatic heterocycles. The van der Waals surface area contributed by atoms with Crippen molar-refractivity contribution < 1.29 is 13.5 Å². The van der Waals surface area contributed by atoms with Gasteiger partial charge in [-0.2, -0.15) is 4.31 Å². The molecular formula is C13H20BrN3O3S. The van der Waals surface area contributed by atoms with Crippen LogP contribution < -0.4 is 5.73 Å². The molecule has 8 heteroatoms. The maximum atomic E-state index is 12.8. The number of aliphatic hydroxyl groups is 1. The van der Waals surface area contributed by atoms with E-state index in [2.05, 4.69) is 15.9 Å². The van der Waals surface area contributed by atoms with Gasteiger partial charge in [0.1, 0.15) is 0 Å². The highest BCUT2D eigenvalue weighted by Crippen LogP contribution is 2.29. The van der Waals surface area contributed by atoms with Crippen LogP contribution in [-0.4, -0.2) is 62.1 Å². The van der Waals surface area contributed by atoms with Gasteiger partial charge in [0.2, 0.25) is 10.0 Å². The Hall–Kier alpha value is -0.670. The molecule has 0 aliphatic carbocycles. The van der Waals surface area contributed by atoms with E-state index in [9.17, 15) is 8.42 Å². The number of β-amino-alcohol motifs (C(OH)–C–C–N with tert-alkyl or cyclic N) is 1. The Bertz CT molecular complexity index is 613. The van der Waals surface area contributed by atoms with Crippen LogP contribution in [0, 0.1) is 6.92 Å². The van der Waals surface area contributed by atoms with Crippen LogP contribution in [-0.2, 0) is 10.0 Å². The predicted molar refractivity (Wildman–Crippen MR) is 85.6 cm³/mol. The summed E-state index contributed by atoms with van der Waals surface area (Å²) < 4.78 is 27.7. The summed E-state index contributed by atoms with van der Waals surface area (Å²) in [6.07, 6.45) is 0. The fourth-order valence-corrected chi connectivity index (χ4v) is 4.75. The normalized spacial score (nSPS) is 18.0. The van der Waals surface area contributed by atoms with Crippen LogP contribution in [0.25, 0.3) is 0 Å². The van der Waals surface area contributed by atoms with Crippen LogP contribution in [0.5, 0.6) is 0 Å². The van der Waals surface area contributed by atoms with Gasteiger partial charge in [0.25, 0.3) is 0 Å². The van der Waals surface area contributed by atoms with E-state index >= 15 is 0 Å². The van der Waals surface area contributed by atoms with Crippen molar-refractivity contribution >= 4 is 31.6 Å². The predicted octanol–water partition coefficient (Wildman–Crippen LogP) is 0.638. The number of nitrogens with two attached hydrogens (primary N) is 1. The highest BCUT2D eigenvalue weighted by Gasteiger charge is 2.30. The zero-order valence-electron chi connectivity index (χ0n) is 11.9. The van der Waals surface area contributed by atoms with Crippen molar-refractivity contribution in [3.63, 3.8) is 0 Å². The highest BCUT2D eigenvalue weighted by molar-refractivity contribution is 9.10. The Morgan fingerprint density at radius 3 is 2.48 bits per heavy atom. The van der Waals surface area contributed by atoms with Crippen molar-refractivity contribution in [2.75, 3.05) is 45.1 Å². The van der Waals surface area contributed by atoms with Gasteiger partial charge in [-0.15, -0.1) is 0 Å². The van der Waals surface area contributed by atoms with E-state index in [0.29, 0.717) is 48.4 Å². The molecule has 21 heavy (non-hydrogen) atoms. The molecule has 1 aromatic carbocycles. The highest BCUT2D eigenvalue weighted by atomic mass is 79.9. The number of benzene rings is 1. The monoisotopic (exact) mass is 377 g/mol. The topological polar surface area (TPSA) is 86.9 Å². The summed E-state index contributed by atoms with van der Waals surface area (Å²) in [6.45, 7) is 4.49. The van der Waals surface area contributed by atoms with Crippen LogP contribution in [0.2, 0.25) is 0 Å². The van der Waals surface area contributed by atoms with Crippen LogP contribution in [0.3, 0.4) is 0 Å². The van der Waals surface area contributed by atoms with E-state index in [1.165, 1.54) is 4.31 Å². The van der Waals surface area contributed by atoms with E-state index in [1.807, 2.05) is 4.90 Å². The van der Waals surface area contributed by atoms with Crippen LogP contribution in [0.15, 0.2) is 21.5 Å². The lowest BCUT2D eigenvalue weighted by atomic mass is 10.2. The second-order valence-corrected chi connectivity index (χ2v) is 7.91. The average molecular weight is 378 g/mol. The minimum atomic E-state index is -3.54. The molecule has 1 fully saturated rings. The third-order valence-corrected chi connectivity index (χ3v) is 6.21. The molecule has 2 rings (SSSR count). The number of rotatable bonds is 4. The SMILES string of the molecule is Cc1c(N)cc(Br)cc1S(=O)(=O)N1CCN(CCO)CC1. The van der Waals surface area contributed by atoms with E-state index in [4.69, 9.17) is 10.8 Å². The summed E-state index contributed by atoms with van der Waals surface area (Å²) in [5.41, 5.74) is 6.90. The number of anilines is 1. The summed E-state index contributed by atoms with van der Waals surface area (Å²) in [4.78, 5) is 2.30. The standard InChI is InChI=1S/C13H20BrN3O3S/c1-10-12(15)8-11(14)9-13(10)21(19,20)17-4-2-16(3-5-17)6-7-18/h8-9,18H,2-7,15H2,1H3. The molecule has 0 saturated carbocycles. The lowest BCUT2D eigenvalue weighted by molar-refractivity contribution is 0.151. The van der Waals surface area contributed by atoms with Gasteiger partial charge in [-0.3, -0.25) is 4.90 Å². The zero-order chi connectivity index (χ0) is 15.6. The fourth-order valence-electron chi connectivity index (χ4n) is 2.42. The Balaban J connectivity index is 2.24. The minimum Gasteiger partial charge on any atom is -0.398 e. The number of piperazine rings is 1. The van der Waals surface area contributed by atoms with E-state index in [-0.39, 0.29) is 11.5 Å². The van der Waals surface area contributed by atoms with Crippen LogP contribution in [0.1, 0.15) is 5.56 Å². The first-order chi connectivity index (χ1) is 9.86. The lowest BCUT2D eigenvalue weighted by Crippen LogP contribution is -2.49. The van der Waals surface area contributed by atoms with Gasteiger partial charge in [-0.25, -0.2) is 8.42 Å². The number of sulfonamides is 1. The summed E-state index contributed by atoms with van der Waals surface area (Å²) in [6, 6.07) is 3.30. The molecule has 1 aromatic rings. The van der Waals surface area contributed by atoms with Crippen LogP contribution in [0.4, 0.5) is 5.69 Å². The van der Waals surface area contributed by atoms with Gasteiger partial charge in [-0.1, -0.05) is 15.9 Å². The van der Waals surface area contributed by atoms with Gasteiger partial charge in [0, 0.05) is 42.9 Å². The molecule has 0 unspecified atom stereocenters. The molecule has 118 valence electrons. The molecule has 3 N–H and O–H groups in total. The number of hydrogen-bond donors (Lipinski definition) is 2. The largest absolute Gasteiger partial charge is 0.398 e. The number of aliphatic hydroxyl groups excluding tert-OH is 1. The third-order valence-electron chi connectivity index (χ3n) is 3.73. The Morgan fingerprint density at radius 1 is 1.29 bits per heavy atom. The van der Waals surface area contributed by atoms with Crippen molar-refractivity contribution in [3.8, 4) is 0 Å². The Labute approximate surface area is 133 Å². The fraction of sp³-hybridized carbons (Fsp3) is 0.538. The third kappa shape index (κ3) is 3.57. The van der Waals surface area contributed by atoms with Crippen molar-refractivity contribution in [1.29, 1.82) is 0 Å². The molecule has 1 aliphatic rings. The van der Waals surface area contributed by atoms with Gasteiger partial charge in [0.05, 0.1) is 11.5 Å². The molecule has 6 nitrogen and oxygen atoms in total. The Kier molecular flexibility index (Phi) is 5.26. The van der Waals surface area contributed by atoms with E-state index in [1.54, 1.807) is 19.1 Å². The number of nitrogen functional groups attached to an aromatic ring is 1. The molecule has 0 atom stereocenters. The summed E-state index contributed by atoms with van der Waals surface area (Å²) in [7, 11) is -3.54. The van der Waals surface area contributed by atoms with Crippen molar-refractivity contribution in [1.82, 2.24) is 9.21 Å². The first-order valence-corrected chi connectivity index (χ1v) is 8.98. The molecule has 0 aromatic heterocycles. The van der Waals surface area contributed by atoms with Gasteiger partial charge >= 0.3 is 0 Å². The molecule has 0 amide bonds. The summed E-state index contributed by atoms with van der Waals surface area (Å²) in [5, 5.41) is 8.93. The van der Waals surface area contributed by atoms with Gasteiger partial charge < -0.3 is 10.8 Å². The van der Waals surface area contributed by atoms with Crippen molar-refractivity contribution in [2.45, 2.75) is 11.8 Å². The average Bonchev–Trinajstić information content (AvgIpc) is 2.43. The molecule has 1 saturated heterocycles. The number of nitrogens with zero attached hydrogens (tertiary/aromatic N) is 2. The smallest absolute Gasteiger partial charge is 0.243 e. The maximum Gasteiger partial charge on any atom is 0.243 e. The van der Waals surface area contributed by atoms with E-state index in [0.717, 1.165) is 0 Å². The molecule has 1 heterocycles. The van der Waals surface area contributed by atoms with Crippen LogP contribution >= 0.6 is 15.9 Å². The lowest BCUT2D eigenvalue weighted by Gasteiger charge is -2.33. The molecular weight excluding hydrogens is 358 g/mol. The Morgan fingerprint density at radius 2 is 1.90 bits per heavy atom. The molecule has 0 radical (unpaired) electrons. The van der Waals surface area contributed by atoms with Gasteiger partial charge in [0.15, 0.2) is 0 Å². The molecule has 0 bridgehead atoms. The second kappa shape index (κ2) is 6.62. The van der Waals surface area contributed by atoms with Crippen molar-refractivity contribution in [3.05, 3.63) is 22.2 Å². The maximum absolute atomic E-state index is 12.8. The minimum absolute atomic E-state index is 0.0913. The number of halogens is 1. The second-order valence-electron chi connectivity index (χ2n) is 5.09. The quantitative estimate of drug-likeness (QED) is 0.751. The summed E-state index contributed by atoms with van der Waals surface area (Å²) >= 11 is 3.29. The zero-order valence-corrected chi connectivity index (χ0v) is 14.3. The van der Waals surface area contributed by atoms with Gasteiger partial charge in [-0.05, 0) is 24.6 Å². The number of hydrogen-bond acceptors (Lipinski definition) is 5. The summed E-state index contributed by atoms with van der Waals surface area (Å²) in [5.74, 6) is 0.